The van der Waals surface area contributed by atoms with Crippen molar-refractivity contribution in [3.63, 3.8) is 0 Å². The Balaban J connectivity index is 1.76. The van der Waals surface area contributed by atoms with E-state index in [0.717, 1.165) is 30.1 Å². The number of rotatable bonds is 2. The maximum atomic E-state index is 6.11. The number of fused-ring (bicyclic) bond motifs is 1. The average Bonchev–Trinajstić information content (AvgIpc) is 2.99. The smallest absolute Gasteiger partial charge is 0.137 e. The normalized spacial score (nSPS) is 18.7. The van der Waals surface area contributed by atoms with Gasteiger partial charge in [-0.2, -0.15) is 0 Å². The lowest BCUT2D eigenvalue weighted by Crippen LogP contribution is -2.28. The zero-order chi connectivity index (χ0) is 14.9. The van der Waals surface area contributed by atoms with Gasteiger partial charge in [0.25, 0.3) is 0 Å². The van der Waals surface area contributed by atoms with E-state index in [1.54, 1.807) is 0 Å². The zero-order valence-corrected chi connectivity index (χ0v) is 12.9. The molecule has 0 saturated carbocycles. The van der Waals surface area contributed by atoms with Crippen LogP contribution in [0.2, 0.25) is 5.02 Å². The van der Waals surface area contributed by atoms with E-state index in [1.165, 1.54) is 18.4 Å². The highest BCUT2D eigenvalue weighted by molar-refractivity contribution is 6.30. The quantitative estimate of drug-likeness (QED) is 0.787. The minimum Gasteiger partial charge on any atom is -0.316 e. The molecule has 1 aliphatic rings. The van der Waals surface area contributed by atoms with Crippen LogP contribution in [0.5, 0.6) is 0 Å². The second-order valence-corrected chi connectivity index (χ2v) is 6.17. The number of hydrogen-bond donors (Lipinski definition) is 1. The van der Waals surface area contributed by atoms with Gasteiger partial charge in [0.15, 0.2) is 0 Å². The van der Waals surface area contributed by atoms with Crippen molar-refractivity contribution in [2.75, 3.05) is 13.1 Å². The fourth-order valence-electron chi connectivity index (χ4n) is 3.12. The molecule has 1 fully saturated rings. The second kappa shape index (κ2) is 5.71. The van der Waals surface area contributed by atoms with Crippen LogP contribution in [-0.4, -0.2) is 27.5 Å². The summed E-state index contributed by atoms with van der Waals surface area (Å²) in [6.45, 7) is 2.17. The van der Waals surface area contributed by atoms with Crippen LogP contribution in [0.4, 0.5) is 0 Å². The SMILES string of the molecule is Clc1ccc2ncc(-c3cc(C4CCCNC4)ccn3)n2c1. The summed E-state index contributed by atoms with van der Waals surface area (Å²) in [7, 11) is 0. The van der Waals surface area contributed by atoms with E-state index >= 15 is 0 Å². The predicted molar refractivity (Wildman–Crippen MR) is 88.3 cm³/mol. The number of imidazole rings is 1. The Morgan fingerprint density at radius 1 is 1.23 bits per heavy atom. The topological polar surface area (TPSA) is 42.2 Å². The highest BCUT2D eigenvalue weighted by Gasteiger charge is 2.16. The molecule has 4 rings (SSSR count). The highest BCUT2D eigenvalue weighted by atomic mass is 35.5. The van der Waals surface area contributed by atoms with Gasteiger partial charge in [-0.25, -0.2) is 4.98 Å². The molecule has 5 heteroatoms. The van der Waals surface area contributed by atoms with Gasteiger partial charge in [-0.05, 0) is 55.1 Å². The van der Waals surface area contributed by atoms with Gasteiger partial charge in [0.05, 0.1) is 22.6 Å². The molecule has 0 radical (unpaired) electrons. The van der Waals surface area contributed by atoms with E-state index < -0.39 is 0 Å². The fourth-order valence-corrected chi connectivity index (χ4v) is 3.28. The van der Waals surface area contributed by atoms with Crippen LogP contribution in [0.25, 0.3) is 17.0 Å². The Labute approximate surface area is 134 Å². The second-order valence-electron chi connectivity index (χ2n) is 5.74. The monoisotopic (exact) mass is 312 g/mol. The van der Waals surface area contributed by atoms with Crippen molar-refractivity contribution >= 4 is 17.2 Å². The number of nitrogens with zero attached hydrogens (tertiary/aromatic N) is 3. The lowest BCUT2D eigenvalue weighted by Gasteiger charge is -2.23. The molecular formula is C17H17ClN4. The zero-order valence-electron chi connectivity index (χ0n) is 12.2. The van der Waals surface area contributed by atoms with Crippen molar-refractivity contribution in [3.05, 3.63) is 53.4 Å². The highest BCUT2D eigenvalue weighted by Crippen LogP contribution is 2.27. The van der Waals surface area contributed by atoms with Gasteiger partial charge in [0, 0.05) is 18.9 Å². The number of halogens is 1. The summed E-state index contributed by atoms with van der Waals surface area (Å²) in [5, 5.41) is 4.16. The average molecular weight is 313 g/mol. The van der Waals surface area contributed by atoms with E-state index in [-0.39, 0.29) is 0 Å². The van der Waals surface area contributed by atoms with Gasteiger partial charge in [0.1, 0.15) is 5.65 Å². The minimum atomic E-state index is 0.568. The standard InChI is InChI=1S/C17H17ClN4/c18-14-3-4-17-21-10-16(22(17)11-14)15-8-12(5-7-20-15)13-2-1-6-19-9-13/h3-5,7-8,10-11,13,19H,1-2,6,9H2. The van der Waals surface area contributed by atoms with Crippen molar-refractivity contribution < 1.29 is 0 Å². The Morgan fingerprint density at radius 3 is 3.05 bits per heavy atom. The van der Waals surface area contributed by atoms with Gasteiger partial charge in [-0.15, -0.1) is 0 Å². The van der Waals surface area contributed by atoms with Gasteiger partial charge in [0.2, 0.25) is 0 Å². The number of hydrogen-bond acceptors (Lipinski definition) is 3. The summed E-state index contributed by atoms with van der Waals surface area (Å²) in [4.78, 5) is 8.96. The van der Waals surface area contributed by atoms with Crippen molar-refractivity contribution in [2.45, 2.75) is 18.8 Å². The fraction of sp³-hybridized carbons (Fsp3) is 0.294. The first-order chi connectivity index (χ1) is 10.8. The van der Waals surface area contributed by atoms with Gasteiger partial charge in [-0.3, -0.25) is 9.38 Å². The van der Waals surface area contributed by atoms with Crippen LogP contribution in [0.1, 0.15) is 24.3 Å². The van der Waals surface area contributed by atoms with Crippen LogP contribution in [-0.2, 0) is 0 Å². The molecule has 112 valence electrons. The first kappa shape index (κ1) is 13.7. The third-order valence-corrected chi connectivity index (χ3v) is 4.51. The van der Waals surface area contributed by atoms with Crippen LogP contribution >= 0.6 is 11.6 Å². The Hall–Kier alpha value is -1.91. The molecular weight excluding hydrogens is 296 g/mol. The summed E-state index contributed by atoms with van der Waals surface area (Å²) in [5.74, 6) is 0.568. The molecule has 4 heterocycles. The first-order valence-corrected chi connectivity index (χ1v) is 7.99. The van der Waals surface area contributed by atoms with Crippen molar-refractivity contribution in [1.82, 2.24) is 19.7 Å². The van der Waals surface area contributed by atoms with Gasteiger partial charge < -0.3 is 5.32 Å². The molecule has 1 saturated heterocycles. The minimum absolute atomic E-state index is 0.568. The molecule has 1 N–H and O–H groups in total. The summed E-state index contributed by atoms with van der Waals surface area (Å²) in [5.41, 5.74) is 4.14. The molecule has 1 atom stereocenters. The summed E-state index contributed by atoms with van der Waals surface area (Å²) in [6.07, 6.45) is 8.10. The number of aromatic nitrogens is 3. The van der Waals surface area contributed by atoms with Crippen molar-refractivity contribution in [1.29, 1.82) is 0 Å². The Bertz CT molecular complexity index is 805. The predicted octanol–water partition coefficient (Wildman–Crippen LogP) is 3.52. The van der Waals surface area contributed by atoms with Gasteiger partial charge >= 0.3 is 0 Å². The molecule has 22 heavy (non-hydrogen) atoms. The summed E-state index contributed by atoms with van der Waals surface area (Å²) >= 11 is 6.11. The Morgan fingerprint density at radius 2 is 2.18 bits per heavy atom. The molecule has 1 unspecified atom stereocenters. The van der Waals surface area contributed by atoms with Crippen molar-refractivity contribution in [2.24, 2.45) is 0 Å². The molecule has 0 aromatic carbocycles. The lowest BCUT2D eigenvalue weighted by atomic mass is 9.92. The van der Waals surface area contributed by atoms with Crippen LogP contribution in [0, 0.1) is 0 Å². The van der Waals surface area contributed by atoms with E-state index in [1.807, 2.05) is 35.1 Å². The van der Waals surface area contributed by atoms with Crippen LogP contribution in [0.15, 0.2) is 42.9 Å². The van der Waals surface area contributed by atoms with E-state index in [2.05, 4.69) is 27.4 Å². The van der Waals surface area contributed by atoms with Crippen LogP contribution < -0.4 is 5.32 Å². The first-order valence-electron chi connectivity index (χ1n) is 7.61. The number of pyridine rings is 2. The van der Waals surface area contributed by atoms with Crippen molar-refractivity contribution in [3.8, 4) is 11.4 Å². The number of nitrogens with one attached hydrogen (secondary N) is 1. The number of piperidine rings is 1. The maximum Gasteiger partial charge on any atom is 0.137 e. The molecule has 1 aliphatic heterocycles. The molecule has 3 aromatic rings. The molecule has 0 aliphatic carbocycles. The van der Waals surface area contributed by atoms with E-state index in [4.69, 9.17) is 11.6 Å². The molecule has 4 nitrogen and oxygen atoms in total. The molecule has 0 spiro atoms. The third kappa shape index (κ3) is 2.49. The van der Waals surface area contributed by atoms with E-state index in [9.17, 15) is 0 Å². The molecule has 0 amide bonds. The Kier molecular flexibility index (Phi) is 3.56. The van der Waals surface area contributed by atoms with E-state index in [0.29, 0.717) is 10.9 Å². The summed E-state index contributed by atoms with van der Waals surface area (Å²) < 4.78 is 1.99. The lowest BCUT2D eigenvalue weighted by molar-refractivity contribution is 0.461. The third-order valence-electron chi connectivity index (χ3n) is 4.28. The van der Waals surface area contributed by atoms with Gasteiger partial charge in [-0.1, -0.05) is 11.6 Å². The molecule has 3 aromatic heterocycles. The molecule has 0 bridgehead atoms. The maximum absolute atomic E-state index is 6.11. The summed E-state index contributed by atoms with van der Waals surface area (Å²) in [6, 6.07) is 8.07. The largest absolute Gasteiger partial charge is 0.316 e. The van der Waals surface area contributed by atoms with Crippen LogP contribution in [0.3, 0.4) is 0 Å².